The number of carbonyl (C=O) groups excluding carboxylic acids is 2. The van der Waals surface area contributed by atoms with E-state index in [0.717, 1.165) is 10.9 Å². The average Bonchev–Trinajstić information content (AvgIpc) is 3.01. The molecule has 0 aliphatic carbocycles. The molecule has 130 valence electrons. The number of carbonyl (C=O) groups is 2. The number of nitrogens with zero attached hydrogens (tertiary/aromatic N) is 2. The van der Waals surface area contributed by atoms with Crippen molar-refractivity contribution in [2.24, 2.45) is 0 Å². The summed E-state index contributed by atoms with van der Waals surface area (Å²) in [6.07, 6.45) is 0.701. The summed E-state index contributed by atoms with van der Waals surface area (Å²) in [5.74, 6) is -0.183. The lowest BCUT2D eigenvalue weighted by atomic mass is 10.1. The van der Waals surface area contributed by atoms with E-state index in [-0.39, 0.29) is 17.6 Å². The monoisotopic (exact) mass is 349 g/mol. The molecule has 26 heavy (non-hydrogen) atoms. The van der Waals surface area contributed by atoms with Gasteiger partial charge in [0, 0.05) is 36.2 Å². The van der Waals surface area contributed by atoms with Crippen molar-refractivity contribution < 1.29 is 14.0 Å². The van der Waals surface area contributed by atoms with Crippen LogP contribution >= 0.6 is 0 Å². The van der Waals surface area contributed by atoms with Crippen LogP contribution in [0.3, 0.4) is 0 Å². The lowest BCUT2D eigenvalue weighted by Crippen LogP contribution is -2.29. The Balaban J connectivity index is 1.70. The molecule has 1 aliphatic heterocycles. The molecule has 2 aromatic carbocycles. The summed E-state index contributed by atoms with van der Waals surface area (Å²) in [4.78, 5) is 30.3. The summed E-state index contributed by atoms with van der Waals surface area (Å²) in [6, 6.07) is 13.2. The van der Waals surface area contributed by atoms with Crippen molar-refractivity contribution in [3.8, 4) is 0 Å². The quantitative estimate of drug-likeness (QED) is 0.770. The lowest BCUT2D eigenvalue weighted by molar-refractivity contribution is -0.114. The number of hydrogen-bond acceptors (Lipinski definition) is 3. The normalized spacial score (nSPS) is 12.9. The molecule has 2 amide bonds. The van der Waals surface area contributed by atoms with Gasteiger partial charge in [0.05, 0.1) is 5.52 Å². The Kier molecular flexibility index (Phi) is 3.88. The molecule has 0 fully saturated rings. The molecular weight excluding hydrogens is 333 g/mol. The summed E-state index contributed by atoms with van der Waals surface area (Å²) in [7, 11) is 0. The molecule has 0 radical (unpaired) electrons. The highest BCUT2D eigenvalue weighted by Gasteiger charge is 2.27. The van der Waals surface area contributed by atoms with Gasteiger partial charge in [0.1, 0.15) is 11.6 Å². The van der Waals surface area contributed by atoms with E-state index in [9.17, 15) is 14.0 Å². The minimum Gasteiger partial charge on any atom is -0.326 e. The first-order chi connectivity index (χ1) is 12.5. The van der Waals surface area contributed by atoms with E-state index < -0.39 is 0 Å². The van der Waals surface area contributed by atoms with E-state index in [4.69, 9.17) is 0 Å². The van der Waals surface area contributed by atoms with Crippen molar-refractivity contribution in [2.75, 3.05) is 16.8 Å². The fourth-order valence-corrected chi connectivity index (χ4v) is 3.22. The van der Waals surface area contributed by atoms with Crippen molar-refractivity contribution in [3.63, 3.8) is 0 Å². The van der Waals surface area contributed by atoms with Gasteiger partial charge in [-0.05, 0) is 48.4 Å². The minimum atomic E-state index is -0.358. The van der Waals surface area contributed by atoms with Crippen molar-refractivity contribution in [2.45, 2.75) is 13.3 Å². The van der Waals surface area contributed by atoms with Gasteiger partial charge in [-0.2, -0.15) is 0 Å². The molecule has 1 aromatic heterocycles. The molecule has 0 spiro atoms. The van der Waals surface area contributed by atoms with Gasteiger partial charge in [-0.1, -0.05) is 6.07 Å². The van der Waals surface area contributed by atoms with E-state index in [1.54, 1.807) is 35.2 Å². The number of aromatic nitrogens is 1. The molecule has 4 rings (SSSR count). The van der Waals surface area contributed by atoms with Crippen LogP contribution in [0.2, 0.25) is 0 Å². The van der Waals surface area contributed by atoms with Gasteiger partial charge >= 0.3 is 0 Å². The van der Waals surface area contributed by atoms with Crippen LogP contribution in [-0.2, 0) is 11.2 Å². The van der Waals surface area contributed by atoms with Crippen LogP contribution in [0.15, 0.2) is 48.5 Å². The molecule has 2 heterocycles. The fourth-order valence-electron chi connectivity index (χ4n) is 3.22. The molecule has 1 N–H and O–H groups in total. The highest BCUT2D eigenvalue weighted by molar-refractivity contribution is 6.08. The third-order valence-corrected chi connectivity index (χ3v) is 4.37. The zero-order chi connectivity index (χ0) is 18.3. The molecule has 0 atom stereocenters. The van der Waals surface area contributed by atoms with Gasteiger partial charge in [0.25, 0.3) is 5.91 Å². The second-order valence-corrected chi connectivity index (χ2v) is 6.28. The third-order valence-electron chi connectivity index (χ3n) is 4.37. The van der Waals surface area contributed by atoms with Crippen LogP contribution in [0, 0.1) is 5.82 Å². The van der Waals surface area contributed by atoms with Gasteiger partial charge < -0.3 is 5.32 Å². The van der Waals surface area contributed by atoms with Gasteiger partial charge in [0.15, 0.2) is 0 Å². The van der Waals surface area contributed by atoms with E-state index >= 15 is 0 Å². The zero-order valence-corrected chi connectivity index (χ0v) is 14.1. The number of benzene rings is 2. The second kappa shape index (κ2) is 6.22. The average molecular weight is 349 g/mol. The largest absolute Gasteiger partial charge is 0.326 e. The first-order valence-electron chi connectivity index (χ1n) is 8.30. The zero-order valence-electron chi connectivity index (χ0n) is 14.1. The first kappa shape index (κ1) is 16.2. The van der Waals surface area contributed by atoms with E-state index in [1.807, 2.05) is 6.07 Å². The summed E-state index contributed by atoms with van der Waals surface area (Å²) < 4.78 is 13.5. The van der Waals surface area contributed by atoms with Gasteiger partial charge in [0.2, 0.25) is 5.91 Å². The Morgan fingerprint density at radius 2 is 2.00 bits per heavy atom. The predicted molar refractivity (Wildman–Crippen MR) is 97.8 cm³/mol. The van der Waals surface area contributed by atoms with Crippen LogP contribution in [0.25, 0.3) is 10.9 Å². The Morgan fingerprint density at radius 3 is 2.81 bits per heavy atom. The second-order valence-electron chi connectivity index (χ2n) is 6.28. The SMILES string of the molecule is CC(=O)Nc1cccc(C(=O)N2CCc3cc4ccc(F)cc4nc32)c1. The maximum Gasteiger partial charge on any atom is 0.259 e. The summed E-state index contributed by atoms with van der Waals surface area (Å²) in [6.45, 7) is 1.93. The molecule has 5 nitrogen and oxygen atoms in total. The lowest BCUT2D eigenvalue weighted by Gasteiger charge is -2.17. The smallest absolute Gasteiger partial charge is 0.259 e. The standard InChI is InChI=1S/C20H16FN3O2/c1-12(25)22-17-4-2-3-15(10-17)20(26)24-8-7-14-9-13-5-6-16(21)11-18(13)23-19(14)24/h2-6,9-11H,7-8H2,1H3,(H,22,25). The number of rotatable bonds is 2. The molecule has 0 unspecified atom stereocenters. The number of nitrogens with one attached hydrogen (secondary N) is 1. The molecule has 3 aromatic rings. The number of hydrogen-bond donors (Lipinski definition) is 1. The molecule has 0 saturated carbocycles. The molecule has 0 saturated heterocycles. The summed E-state index contributed by atoms with van der Waals surface area (Å²) in [5, 5.41) is 3.53. The van der Waals surface area contributed by atoms with E-state index in [2.05, 4.69) is 10.3 Å². The van der Waals surface area contributed by atoms with Gasteiger partial charge in [-0.25, -0.2) is 9.37 Å². The highest BCUT2D eigenvalue weighted by atomic mass is 19.1. The van der Waals surface area contributed by atoms with Crippen molar-refractivity contribution >= 4 is 34.2 Å². The summed E-state index contributed by atoms with van der Waals surface area (Å²) >= 11 is 0. The molecular formula is C20H16FN3O2. The third kappa shape index (κ3) is 2.90. The van der Waals surface area contributed by atoms with E-state index in [0.29, 0.717) is 35.6 Å². The Morgan fingerprint density at radius 1 is 1.15 bits per heavy atom. The Labute approximate surface area is 149 Å². The summed E-state index contributed by atoms with van der Waals surface area (Å²) in [5.41, 5.74) is 2.52. The first-order valence-corrected chi connectivity index (χ1v) is 8.30. The number of halogens is 1. The maximum atomic E-state index is 13.5. The number of pyridine rings is 1. The van der Waals surface area contributed by atoms with Crippen LogP contribution in [0.4, 0.5) is 15.9 Å². The number of amides is 2. The minimum absolute atomic E-state index is 0.195. The number of anilines is 2. The van der Waals surface area contributed by atoms with Crippen LogP contribution in [-0.4, -0.2) is 23.3 Å². The highest BCUT2D eigenvalue weighted by Crippen LogP contribution is 2.31. The van der Waals surface area contributed by atoms with Crippen molar-refractivity contribution in [1.82, 2.24) is 4.98 Å². The maximum absolute atomic E-state index is 13.5. The van der Waals surface area contributed by atoms with E-state index in [1.165, 1.54) is 19.1 Å². The van der Waals surface area contributed by atoms with Crippen molar-refractivity contribution in [1.29, 1.82) is 0 Å². The Hall–Kier alpha value is -3.28. The molecule has 1 aliphatic rings. The van der Waals surface area contributed by atoms with Crippen molar-refractivity contribution in [3.05, 3.63) is 65.5 Å². The molecule has 0 bridgehead atoms. The fraction of sp³-hybridized carbons (Fsp3) is 0.150. The van der Waals surface area contributed by atoms with Crippen LogP contribution in [0.5, 0.6) is 0 Å². The molecule has 6 heteroatoms. The van der Waals surface area contributed by atoms with Crippen LogP contribution in [0.1, 0.15) is 22.8 Å². The van der Waals surface area contributed by atoms with Crippen LogP contribution < -0.4 is 10.2 Å². The topological polar surface area (TPSA) is 62.3 Å². The van der Waals surface area contributed by atoms with Gasteiger partial charge in [-0.15, -0.1) is 0 Å². The van der Waals surface area contributed by atoms with Gasteiger partial charge in [-0.3, -0.25) is 14.5 Å². The Bertz CT molecular complexity index is 1050. The predicted octanol–water partition coefficient (Wildman–Crippen LogP) is 3.54. The number of fused-ring (bicyclic) bond motifs is 2.